The molecule has 1 rings (SSSR count). The minimum Gasteiger partial charge on any atom is -0.308 e. The van der Waals surface area contributed by atoms with Crippen molar-refractivity contribution in [3.8, 4) is 0 Å². The molecule has 1 atom stereocenters. The van der Waals surface area contributed by atoms with Crippen molar-refractivity contribution in [2.75, 3.05) is 0 Å². The summed E-state index contributed by atoms with van der Waals surface area (Å²) in [5.41, 5.74) is 0.898. The Labute approximate surface area is 56.0 Å². The van der Waals surface area contributed by atoms with Crippen LogP contribution in [0.25, 0.3) is 0 Å². The van der Waals surface area contributed by atoms with Gasteiger partial charge in [-0.1, -0.05) is 0 Å². The van der Waals surface area contributed by atoms with E-state index in [1.807, 2.05) is 0 Å². The molecule has 2 nitrogen and oxygen atoms in total. The number of hydrogen-bond donors (Lipinski definition) is 1. The summed E-state index contributed by atoms with van der Waals surface area (Å²) < 4.78 is 0. The Morgan fingerprint density at radius 3 is 2.89 bits per heavy atom. The SMILES string of the molecule is N=Cc1ccncc1P. The molecule has 1 aromatic heterocycles. The third-order valence-corrected chi connectivity index (χ3v) is 1.53. The minimum absolute atomic E-state index is 0.898. The summed E-state index contributed by atoms with van der Waals surface area (Å²) in [7, 11) is 2.52. The molecule has 0 aromatic carbocycles. The number of aromatic nitrogens is 1. The predicted molar refractivity (Wildman–Crippen MR) is 41.5 cm³/mol. The molecule has 1 aromatic rings. The first-order chi connectivity index (χ1) is 4.34. The maximum Gasteiger partial charge on any atom is 0.0345 e. The fraction of sp³-hybridized carbons (Fsp3) is 0. The van der Waals surface area contributed by atoms with Gasteiger partial charge in [0.15, 0.2) is 0 Å². The van der Waals surface area contributed by atoms with Crippen molar-refractivity contribution in [3.63, 3.8) is 0 Å². The summed E-state index contributed by atoms with van der Waals surface area (Å²) in [4.78, 5) is 3.87. The highest BCUT2D eigenvalue weighted by Gasteiger charge is 1.89. The summed E-state index contributed by atoms with van der Waals surface area (Å²) in [5.74, 6) is 0. The summed E-state index contributed by atoms with van der Waals surface area (Å²) in [6.45, 7) is 0. The molecule has 0 aliphatic carbocycles. The van der Waals surface area contributed by atoms with E-state index in [0.29, 0.717) is 0 Å². The second-order valence-corrected chi connectivity index (χ2v) is 2.27. The molecule has 9 heavy (non-hydrogen) atoms. The molecule has 0 saturated heterocycles. The van der Waals surface area contributed by atoms with E-state index in [2.05, 4.69) is 14.2 Å². The number of hydrogen-bond acceptors (Lipinski definition) is 2. The van der Waals surface area contributed by atoms with Crippen molar-refractivity contribution in [2.45, 2.75) is 0 Å². The fourth-order valence-corrected chi connectivity index (χ4v) is 0.814. The van der Waals surface area contributed by atoms with Gasteiger partial charge in [-0.05, 0) is 11.4 Å². The van der Waals surface area contributed by atoms with E-state index in [1.54, 1.807) is 18.5 Å². The van der Waals surface area contributed by atoms with Crippen LogP contribution in [-0.4, -0.2) is 11.2 Å². The molecular formula is C6H7N2P. The second kappa shape index (κ2) is 2.70. The highest BCUT2D eigenvalue weighted by molar-refractivity contribution is 7.27. The van der Waals surface area contributed by atoms with Gasteiger partial charge in [-0.2, -0.15) is 0 Å². The monoisotopic (exact) mass is 138 g/mol. The van der Waals surface area contributed by atoms with Crippen LogP contribution in [0.2, 0.25) is 0 Å². The summed E-state index contributed by atoms with van der Waals surface area (Å²) in [5, 5.41) is 7.88. The molecule has 0 bridgehead atoms. The van der Waals surface area contributed by atoms with E-state index in [4.69, 9.17) is 5.41 Å². The van der Waals surface area contributed by atoms with E-state index in [-0.39, 0.29) is 0 Å². The van der Waals surface area contributed by atoms with Crippen LogP contribution in [0.5, 0.6) is 0 Å². The van der Waals surface area contributed by atoms with Crippen LogP contribution >= 0.6 is 9.24 Å². The van der Waals surface area contributed by atoms with Gasteiger partial charge in [-0.15, -0.1) is 9.24 Å². The molecule has 0 radical (unpaired) electrons. The predicted octanol–water partition coefficient (Wildman–Crippen LogP) is 0.580. The third kappa shape index (κ3) is 1.33. The lowest BCUT2D eigenvalue weighted by atomic mass is 10.3. The van der Waals surface area contributed by atoms with Crippen LogP contribution in [0.3, 0.4) is 0 Å². The molecule has 46 valence electrons. The van der Waals surface area contributed by atoms with Gasteiger partial charge in [0.1, 0.15) is 0 Å². The molecule has 1 N–H and O–H groups in total. The first-order valence-electron chi connectivity index (χ1n) is 2.54. The first kappa shape index (κ1) is 6.37. The number of nitrogens with zero attached hydrogens (tertiary/aromatic N) is 1. The van der Waals surface area contributed by atoms with E-state index in [1.165, 1.54) is 6.21 Å². The maximum atomic E-state index is 6.92. The number of rotatable bonds is 1. The van der Waals surface area contributed by atoms with E-state index in [9.17, 15) is 0 Å². The van der Waals surface area contributed by atoms with Gasteiger partial charge >= 0.3 is 0 Å². The zero-order chi connectivity index (χ0) is 6.69. The Morgan fingerprint density at radius 1 is 1.67 bits per heavy atom. The zero-order valence-corrected chi connectivity index (χ0v) is 5.99. The highest BCUT2D eigenvalue weighted by Crippen LogP contribution is 1.92. The van der Waals surface area contributed by atoms with Crippen LogP contribution in [0, 0.1) is 5.41 Å². The summed E-state index contributed by atoms with van der Waals surface area (Å²) in [6.07, 6.45) is 4.70. The Hall–Kier alpha value is -0.750. The fourth-order valence-electron chi connectivity index (χ4n) is 0.549. The third-order valence-electron chi connectivity index (χ3n) is 1.04. The van der Waals surface area contributed by atoms with Crippen molar-refractivity contribution in [1.29, 1.82) is 5.41 Å². The minimum atomic E-state index is 0.898. The first-order valence-corrected chi connectivity index (χ1v) is 3.12. The van der Waals surface area contributed by atoms with Crippen LogP contribution in [0.15, 0.2) is 18.5 Å². The molecule has 0 aliphatic heterocycles. The average Bonchev–Trinajstić information content (AvgIpc) is 1.89. The highest BCUT2D eigenvalue weighted by atomic mass is 31.0. The lowest BCUT2D eigenvalue weighted by Crippen LogP contribution is -1.99. The van der Waals surface area contributed by atoms with Crippen molar-refractivity contribution in [2.24, 2.45) is 0 Å². The van der Waals surface area contributed by atoms with Gasteiger partial charge in [0.2, 0.25) is 0 Å². The normalized spacial score (nSPS) is 9.00. The van der Waals surface area contributed by atoms with E-state index >= 15 is 0 Å². The van der Waals surface area contributed by atoms with Gasteiger partial charge in [-0.25, -0.2) is 0 Å². The van der Waals surface area contributed by atoms with Crippen LogP contribution in [-0.2, 0) is 0 Å². The van der Waals surface area contributed by atoms with E-state index < -0.39 is 0 Å². The van der Waals surface area contributed by atoms with Crippen molar-refractivity contribution in [1.82, 2.24) is 4.98 Å². The van der Waals surface area contributed by atoms with Crippen LogP contribution in [0.1, 0.15) is 5.56 Å². The Morgan fingerprint density at radius 2 is 2.44 bits per heavy atom. The molecule has 1 heterocycles. The zero-order valence-electron chi connectivity index (χ0n) is 4.83. The largest absolute Gasteiger partial charge is 0.308 e. The van der Waals surface area contributed by atoms with Crippen molar-refractivity contribution in [3.05, 3.63) is 24.0 Å². The lowest BCUT2D eigenvalue weighted by Gasteiger charge is -1.93. The van der Waals surface area contributed by atoms with Gasteiger partial charge in [-0.3, -0.25) is 4.98 Å². The Kier molecular flexibility index (Phi) is 1.91. The van der Waals surface area contributed by atoms with Crippen molar-refractivity contribution < 1.29 is 0 Å². The molecule has 0 spiro atoms. The Balaban J connectivity index is 3.15. The van der Waals surface area contributed by atoms with Gasteiger partial charge in [0, 0.05) is 24.2 Å². The van der Waals surface area contributed by atoms with Crippen LogP contribution in [0.4, 0.5) is 0 Å². The average molecular weight is 138 g/mol. The molecule has 0 amide bonds. The summed E-state index contributed by atoms with van der Waals surface area (Å²) >= 11 is 0. The van der Waals surface area contributed by atoms with Crippen LogP contribution < -0.4 is 5.30 Å². The van der Waals surface area contributed by atoms with Crippen molar-refractivity contribution >= 4 is 20.8 Å². The topological polar surface area (TPSA) is 36.7 Å². The molecule has 0 aliphatic rings. The molecule has 1 unspecified atom stereocenters. The molecule has 0 saturated carbocycles. The van der Waals surface area contributed by atoms with Gasteiger partial charge in [0.25, 0.3) is 0 Å². The molecular weight excluding hydrogens is 131 g/mol. The van der Waals surface area contributed by atoms with Gasteiger partial charge < -0.3 is 5.41 Å². The standard InChI is InChI=1S/C6H7N2P/c7-3-5-1-2-8-4-6(5)9/h1-4,7H,9H2. The van der Waals surface area contributed by atoms with Gasteiger partial charge in [0.05, 0.1) is 0 Å². The molecule has 3 heteroatoms. The summed E-state index contributed by atoms with van der Waals surface area (Å²) in [6, 6.07) is 1.80. The second-order valence-electron chi connectivity index (χ2n) is 1.65. The smallest absolute Gasteiger partial charge is 0.0345 e. The lowest BCUT2D eigenvalue weighted by molar-refractivity contribution is 1.34. The maximum absolute atomic E-state index is 6.92. The van der Waals surface area contributed by atoms with E-state index in [0.717, 1.165) is 10.9 Å². The molecule has 0 fully saturated rings. The Bertz CT molecular complexity index is 222. The quantitative estimate of drug-likeness (QED) is 0.447. The number of pyridine rings is 1. The number of nitrogens with one attached hydrogen (secondary N) is 1.